The van der Waals surface area contributed by atoms with Gasteiger partial charge in [-0.15, -0.1) is 10.2 Å². The van der Waals surface area contributed by atoms with E-state index in [1.54, 1.807) is 23.6 Å². The average Bonchev–Trinajstić information content (AvgIpc) is 2.71. The highest BCUT2D eigenvalue weighted by molar-refractivity contribution is 9.10. The lowest BCUT2D eigenvalue weighted by atomic mass is 10.1. The number of aromatic nitrogens is 3. The van der Waals surface area contributed by atoms with E-state index in [2.05, 4.69) is 26.1 Å². The molecule has 2 aromatic rings. The normalized spacial score (nSPS) is 10.6. The van der Waals surface area contributed by atoms with Crippen molar-refractivity contribution in [1.82, 2.24) is 14.8 Å². The van der Waals surface area contributed by atoms with Gasteiger partial charge in [0.15, 0.2) is 12.4 Å². The summed E-state index contributed by atoms with van der Waals surface area (Å²) in [4.78, 5) is 12.1. The first-order chi connectivity index (χ1) is 9.40. The number of carbonyl (C=O) groups is 1. The molecule has 0 saturated heterocycles. The average molecular weight is 339 g/mol. The van der Waals surface area contributed by atoms with Crippen molar-refractivity contribution < 1.29 is 9.53 Å². The summed E-state index contributed by atoms with van der Waals surface area (Å²) >= 11 is 3.31. The number of esters is 1. The van der Waals surface area contributed by atoms with E-state index in [-0.39, 0.29) is 6.61 Å². The summed E-state index contributed by atoms with van der Waals surface area (Å²) in [5.74, 6) is 0.923. The smallest absolute Gasteiger partial charge is 0.338 e. The zero-order chi connectivity index (χ0) is 14.9. The molecule has 1 heterocycles. The fourth-order valence-electron chi connectivity index (χ4n) is 1.70. The first-order valence-corrected chi connectivity index (χ1v) is 6.77. The van der Waals surface area contributed by atoms with Crippen LogP contribution in [0.25, 0.3) is 0 Å². The molecule has 0 radical (unpaired) electrons. The molecule has 6 nitrogen and oxygen atoms in total. The number of nitrogens with two attached hydrogens (primary N) is 1. The summed E-state index contributed by atoms with van der Waals surface area (Å²) in [6, 6.07) is 3.44. The number of aryl methyl sites for hydroxylation is 1. The van der Waals surface area contributed by atoms with Gasteiger partial charge in [-0.3, -0.25) is 0 Å². The minimum Gasteiger partial charge on any atom is -0.454 e. The van der Waals surface area contributed by atoms with Crippen LogP contribution in [0.5, 0.6) is 0 Å². The molecule has 106 valence electrons. The summed E-state index contributed by atoms with van der Waals surface area (Å²) < 4.78 is 7.77. The zero-order valence-electron chi connectivity index (χ0n) is 11.5. The van der Waals surface area contributed by atoms with E-state index in [1.807, 2.05) is 14.0 Å². The number of hydrogen-bond donors (Lipinski definition) is 1. The topological polar surface area (TPSA) is 83.0 Å². The van der Waals surface area contributed by atoms with Crippen molar-refractivity contribution in [1.29, 1.82) is 0 Å². The van der Waals surface area contributed by atoms with Gasteiger partial charge < -0.3 is 15.0 Å². The molecule has 0 unspecified atom stereocenters. The Balaban J connectivity index is 2.15. The van der Waals surface area contributed by atoms with Crippen molar-refractivity contribution in [2.45, 2.75) is 20.5 Å². The first kappa shape index (κ1) is 14.5. The van der Waals surface area contributed by atoms with E-state index < -0.39 is 5.97 Å². The third kappa shape index (κ3) is 2.82. The number of carbonyl (C=O) groups excluding carboxylic acids is 1. The molecule has 1 aromatic heterocycles. The predicted octanol–water partition coefficient (Wildman–Crippen LogP) is 2.13. The number of nitrogens with zero attached hydrogens (tertiary/aromatic N) is 3. The molecule has 7 heteroatoms. The first-order valence-electron chi connectivity index (χ1n) is 5.97. The highest BCUT2D eigenvalue weighted by atomic mass is 79.9. The van der Waals surface area contributed by atoms with E-state index in [9.17, 15) is 4.79 Å². The van der Waals surface area contributed by atoms with Gasteiger partial charge in [0.2, 0.25) is 0 Å². The Bertz CT molecular complexity index is 667. The number of halogens is 1. The van der Waals surface area contributed by atoms with E-state index in [0.29, 0.717) is 22.6 Å². The summed E-state index contributed by atoms with van der Waals surface area (Å²) in [5.41, 5.74) is 7.51. The Hall–Kier alpha value is -1.89. The van der Waals surface area contributed by atoms with Gasteiger partial charge in [-0.05, 0) is 31.5 Å². The SMILES string of the molecule is Cc1c(N)cc(Br)cc1C(=O)OCc1nnc(C)n1C. The summed E-state index contributed by atoms with van der Waals surface area (Å²) in [6.07, 6.45) is 0. The summed E-state index contributed by atoms with van der Waals surface area (Å²) in [7, 11) is 1.82. The molecule has 2 rings (SSSR count). The van der Waals surface area contributed by atoms with E-state index >= 15 is 0 Å². The molecule has 0 spiro atoms. The lowest BCUT2D eigenvalue weighted by Crippen LogP contribution is -2.11. The summed E-state index contributed by atoms with van der Waals surface area (Å²) in [5, 5.41) is 7.85. The van der Waals surface area contributed by atoms with Gasteiger partial charge in [0.1, 0.15) is 5.82 Å². The van der Waals surface area contributed by atoms with Crippen LogP contribution in [0, 0.1) is 13.8 Å². The van der Waals surface area contributed by atoms with Crippen LogP contribution < -0.4 is 5.73 Å². The van der Waals surface area contributed by atoms with Crippen molar-refractivity contribution in [3.8, 4) is 0 Å². The molecule has 0 atom stereocenters. The van der Waals surface area contributed by atoms with Crippen LogP contribution in [0.4, 0.5) is 5.69 Å². The highest BCUT2D eigenvalue weighted by Crippen LogP contribution is 2.23. The number of hydrogen-bond acceptors (Lipinski definition) is 5. The minimum atomic E-state index is -0.434. The van der Waals surface area contributed by atoms with Gasteiger partial charge in [0, 0.05) is 17.2 Å². The highest BCUT2D eigenvalue weighted by Gasteiger charge is 2.15. The van der Waals surface area contributed by atoms with E-state index in [0.717, 1.165) is 10.3 Å². The molecule has 20 heavy (non-hydrogen) atoms. The van der Waals surface area contributed by atoms with Gasteiger partial charge in [0.25, 0.3) is 0 Å². The van der Waals surface area contributed by atoms with Crippen molar-refractivity contribution in [3.63, 3.8) is 0 Å². The number of rotatable bonds is 3. The Morgan fingerprint density at radius 3 is 2.70 bits per heavy atom. The molecular formula is C13H15BrN4O2. The van der Waals surface area contributed by atoms with E-state index in [4.69, 9.17) is 10.5 Å². The Morgan fingerprint density at radius 2 is 2.10 bits per heavy atom. The van der Waals surface area contributed by atoms with Gasteiger partial charge in [-0.25, -0.2) is 4.79 Å². The fraction of sp³-hybridized carbons (Fsp3) is 0.308. The maximum absolute atomic E-state index is 12.1. The number of nitrogen functional groups attached to an aromatic ring is 1. The van der Waals surface area contributed by atoms with Crippen LogP contribution in [0.1, 0.15) is 27.6 Å². The third-order valence-electron chi connectivity index (χ3n) is 3.15. The Morgan fingerprint density at radius 1 is 1.40 bits per heavy atom. The van der Waals surface area contributed by atoms with Gasteiger partial charge in [-0.1, -0.05) is 15.9 Å². The van der Waals surface area contributed by atoms with Gasteiger partial charge in [-0.2, -0.15) is 0 Å². The molecule has 0 saturated carbocycles. The molecule has 0 amide bonds. The second-order valence-electron chi connectivity index (χ2n) is 4.47. The number of benzene rings is 1. The zero-order valence-corrected chi connectivity index (χ0v) is 13.1. The molecule has 0 aliphatic carbocycles. The minimum absolute atomic E-state index is 0.0715. The maximum Gasteiger partial charge on any atom is 0.338 e. The van der Waals surface area contributed by atoms with Crippen LogP contribution in [0.2, 0.25) is 0 Å². The van der Waals surface area contributed by atoms with Gasteiger partial charge in [0.05, 0.1) is 5.56 Å². The Kier molecular flexibility index (Phi) is 4.08. The van der Waals surface area contributed by atoms with Crippen LogP contribution in [-0.2, 0) is 18.4 Å². The second-order valence-corrected chi connectivity index (χ2v) is 5.38. The molecule has 0 aliphatic heterocycles. The molecule has 1 aromatic carbocycles. The quantitative estimate of drug-likeness (QED) is 0.684. The van der Waals surface area contributed by atoms with E-state index in [1.165, 1.54) is 0 Å². The summed E-state index contributed by atoms with van der Waals surface area (Å²) in [6.45, 7) is 3.68. The molecule has 0 fully saturated rings. The largest absolute Gasteiger partial charge is 0.454 e. The third-order valence-corrected chi connectivity index (χ3v) is 3.61. The van der Waals surface area contributed by atoms with Crippen LogP contribution in [0.15, 0.2) is 16.6 Å². The maximum atomic E-state index is 12.1. The van der Waals surface area contributed by atoms with Crippen LogP contribution in [0.3, 0.4) is 0 Å². The van der Waals surface area contributed by atoms with Crippen molar-refractivity contribution in [3.05, 3.63) is 39.4 Å². The standard InChI is InChI=1S/C13H15BrN4O2/c1-7-10(4-9(14)5-11(7)15)13(19)20-6-12-17-16-8(2)18(12)3/h4-5H,6,15H2,1-3H3. The molecule has 0 bridgehead atoms. The molecular weight excluding hydrogens is 324 g/mol. The van der Waals surface area contributed by atoms with Crippen molar-refractivity contribution >= 4 is 27.6 Å². The second kappa shape index (κ2) is 5.62. The number of ether oxygens (including phenoxy) is 1. The predicted molar refractivity (Wildman–Crippen MR) is 78.2 cm³/mol. The number of anilines is 1. The van der Waals surface area contributed by atoms with Crippen LogP contribution in [-0.4, -0.2) is 20.7 Å². The fourth-order valence-corrected chi connectivity index (χ4v) is 2.17. The van der Waals surface area contributed by atoms with Crippen molar-refractivity contribution in [2.24, 2.45) is 7.05 Å². The Labute approximate surface area is 125 Å². The monoisotopic (exact) mass is 338 g/mol. The molecule has 0 aliphatic rings. The molecule has 2 N–H and O–H groups in total. The van der Waals surface area contributed by atoms with Gasteiger partial charge >= 0.3 is 5.97 Å². The van der Waals surface area contributed by atoms with Crippen LogP contribution >= 0.6 is 15.9 Å². The van der Waals surface area contributed by atoms with Crippen molar-refractivity contribution in [2.75, 3.05) is 5.73 Å². The lowest BCUT2D eigenvalue weighted by molar-refractivity contribution is 0.0457. The lowest BCUT2D eigenvalue weighted by Gasteiger charge is -2.09.